The summed E-state index contributed by atoms with van der Waals surface area (Å²) < 4.78 is 2.06. The van der Waals surface area contributed by atoms with E-state index in [-0.39, 0.29) is 11.7 Å². The van der Waals surface area contributed by atoms with Crippen molar-refractivity contribution in [1.82, 2.24) is 19.7 Å². The number of pyridine rings is 1. The third kappa shape index (κ3) is 5.71. The maximum atomic E-state index is 12.4. The van der Waals surface area contributed by atoms with E-state index in [0.29, 0.717) is 22.4 Å². The van der Waals surface area contributed by atoms with Gasteiger partial charge in [0.05, 0.1) is 5.75 Å². The van der Waals surface area contributed by atoms with Gasteiger partial charge in [0.1, 0.15) is 0 Å². The predicted molar refractivity (Wildman–Crippen MR) is 124 cm³/mol. The van der Waals surface area contributed by atoms with Crippen molar-refractivity contribution in [3.05, 3.63) is 89.7 Å². The maximum Gasteiger partial charge on any atom is 0.234 e. The van der Waals surface area contributed by atoms with Crippen molar-refractivity contribution in [2.24, 2.45) is 0 Å². The summed E-state index contributed by atoms with van der Waals surface area (Å²) in [4.78, 5) is 16.5. The van der Waals surface area contributed by atoms with Crippen molar-refractivity contribution in [2.45, 2.75) is 18.1 Å². The van der Waals surface area contributed by atoms with Crippen LogP contribution in [-0.4, -0.2) is 31.4 Å². The minimum Gasteiger partial charge on any atom is -0.325 e. The molecular weight excluding hydrogens is 430 g/mol. The van der Waals surface area contributed by atoms with Gasteiger partial charge in [0.2, 0.25) is 5.91 Å². The van der Waals surface area contributed by atoms with Crippen LogP contribution in [-0.2, 0) is 17.8 Å². The lowest BCUT2D eigenvalue weighted by atomic mass is 10.1. The van der Waals surface area contributed by atoms with Crippen LogP contribution in [0, 0.1) is 0 Å². The molecule has 2 heterocycles. The first kappa shape index (κ1) is 21.1. The minimum atomic E-state index is -0.115. The molecule has 4 rings (SSSR count). The summed E-state index contributed by atoms with van der Waals surface area (Å²) in [6, 6.07) is 21.1. The molecular formula is C23H20ClN5OS. The zero-order valence-corrected chi connectivity index (χ0v) is 18.2. The number of nitrogens with one attached hydrogen (secondary N) is 1. The molecule has 0 atom stereocenters. The fourth-order valence-corrected chi connectivity index (χ4v) is 3.95. The summed E-state index contributed by atoms with van der Waals surface area (Å²) in [5.41, 5.74) is 2.87. The van der Waals surface area contributed by atoms with Gasteiger partial charge in [-0.3, -0.25) is 9.78 Å². The molecule has 1 amide bonds. The number of hydrogen-bond acceptors (Lipinski definition) is 5. The average molecular weight is 450 g/mol. The Kier molecular flexibility index (Phi) is 6.96. The second kappa shape index (κ2) is 10.2. The Morgan fingerprint density at radius 1 is 0.968 bits per heavy atom. The Bertz CT molecular complexity index is 1130. The SMILES string of the molecule is O=C(CSc1nnc(-c2ccncc2)n1CCc1ccccc1)Nc1ccc(Cl)cc1. The molecule has 0 radical (unpaired) electrons. The predicted octanol–water partition coefficient (Wildman–Crippen LogP) is 4.97. The fraction of sp³-hybridized carbons (Fsp3) is 0.130. The van der Waals surface area contributed by atoms with E-state index in [9.17, 15) is 4.79 Å². The number of amides is 1. The van der Waals surface area contributed by atoms with E-state index in [0.717, 1.165) is 17.8 Å². The quantitative estimate of drug-likeness (QED) is 0.384. The van der Waals surface area contributed by atoms with E-state index in [1.165, 1.54) is 17.3 Å². The molecule has 0 unspecified atom stereocenters. The first-order valence-electron chi connectivity index (χ1n) is 9.75. The lowest BCUT2D eigenvalue weighted by molar-refractivity contribution is -0.113. The van der Waals surface area contributed by atoms with Crippen LogP contribution in [0.3, 0.4) is 0 Å². The first-order chi connectivity index (χ1) is 15.2. The fourth-order valence-electron chi connectivity index (χ4n) is 3.06. The molecule has 0 spiro atoms. The van der Waals surface area contributed by atoms with Gasteiger partial charge in [0.25, 0.3) is 0 Å². The molecule has 2 aromatic heterocycles. The average Bonchev–Trinajstić information content (AvgIpc) is 3.22. The molecule has 0 bridgehead atoms. The van der Waals surface area contributed by atoms with E-state index in [4.69, 9.17) is 11.6 Å². The van der Waals surface area contributed by atoms with Crippen LogP contribution in [0.2, 0.25) is 5.02 Å². The highest BCUT2D eigenvalue weighted by Crippen LogP contribution is 2.24. The lowest BCUT2D eigenvalue weighted by Crippen LogP contribution is -2.15. The van der Waals surface area contributed by atoms with Crippen LogP contribution < -0.4 is 5.32 Å². The largest absolute Gasteiger partial charge is 0.325 e. The second-order valence-electron chi connectivity index (χ2n) is 6.77. The van der Waals surface area contributed by atoms with Crippen LogP contribution in [0.5, 0.6) is 0 Å². The van der Waals surface area contributed by atoms with Crippen molar-refractivity contribution in [2.75, 3.05) is 11.1 Å². The minimum absolute atomic E-state index is 0.115. The molecule has 8 heteroatoms. The number of carbonyl (C=O) groups is 1. The highest BCUT2D eigenvalue weighted by molar-refractivity contribution is 7.99. The summed E-state index contributed by atoms with van der Waals surface area (Å²) >= 11 is 7.26. The van der Waals surface area contributed by atoms with Crippen molar-refractivity contribution < 1.29 is 4.79 Å². The molecule has 0 aliphatic heterocycles. The molecule has 2 aromatic carbocycles. The lowest BCUT2D eigenvalue weighted by Gasteiger charge is -2.11. The van der Waals surface area contributed by atoms with E-state index < -0.39 is 0 Å². The van der Waals surface area contributed by atoms with Gasteiger partial charge in [-0.05, 0) is 48.4 Å². The second-order valence-corrected chi connectivity index (χ2v) is 8.15. The van der Waals surface area contributed by atoms with Crippen LogP contribution in [0.4, 0.5) is 5.69 Å². The number of carbonyl (C=O) groups excluding carboxylic acids is 1. The normalized spacial score (nSPS) is 10.7. The zero-order valence-electron chi connectivity index (χ0n) is 16.6. The van der Waals surface area contributed by atoms with E-state index in [2.05, 4.69) is 37.2 Å². The number of nitrogens with zero attached hydrogens (tertiary/aromatic N) is 4. The Labute approximate surface area is 189 Å². The molecule has 0 aliphatic rings. The van der Waals surface area contributed by atoms with Crippen LogP contribution in [0.15, 0.2) is 84.3 Å². The number of halogens is 1. The van der Waals surface area contributed by atoms with E-state index in [1.807, 2.05) is 30.3 Å². The summed E-state index contributed by atoms with van der Waals surface area (Å²) in [5, 5.41) is 12.9. The Morgan fingerprint density at radius 2 is 1.71 bits per heavy atom. The van der Waals surface area contributed by atoms with E-state index >= 15 is 0 Å². The highest BCUT2D eigenvalue weighted by Gasteiger charge is 2.16. The smallest absolute Gasteiger partial charge is 0.234 e. The number of hydrogen-bond donors (Lipinski definition) is 1. The summed E-state index contributed by atoms with van der Waals surface area (Å²) in [5.74, 6) is 0.872. The Hall–Kier alpha value is -3.16. The maximum absolute atomic E-state index is 12.4. The van der Waals surface area contributed by atoms with Crippen molar-refractivity contribution in [1.29, 1.82) is 0 Å². The highest BCUT2D eigenvalue weighted by atomic mass is 35.5. The monoisotopic (exact) mass is 449 g/mol. The van der Waals surface area contributed by atoms with Gasteiger partial charge in [-0.25, -0.2) is 0 Å². The molecule has 0 saturated carbocycles. The molecule has 6 nitrogen and oxygen atoms in total. The van der Waals surface area contributed by atoms with Gasteiger partial charge in [-0.1, -0.05) is 53.7 Å². The molecule has 0 saturated heterocycles. The summed E-state index contributed by atoms with van der Waals surface area (Å²) in [7, 11) is 0. The Balaban J connectivity index is 1.48. The molecule has 4 aromatic rings. The summed E-state index contributed by atoms with van der Waals surface area (Å²) in [6.45, 7) is 0.704. The Morgan fingerprint density at radius 3 is 2.45 bits per heavy atom. The standard InChI is InChI=1S/C23H20ClN5OS/c24-19-6-8-20(9-7-19)26-21(30)16-31-23-28-27-22(18-10-13-25-14-11-18)29(23)15-12-17-4-2-1-3-5-17/h1-11,13-14H,12,15-16H2,(H,26,30). The number of benzene rings is 2. The van der Waals surface area contributed by atoms with Gasteiger partial charge in [0.15, 0.2) is 11.0 Å². The van der Waals surface area contributed by atoms with Gasteiger partial charge in [-0.2, -0.15) is 0 Å². The van der Waals surface area contributed by atoms with Crippen LogP contribution in [0.25, 0.3) is 11.4 Å². The van der Waals surface area contributed by atoms with Crippen molar-refractivity contribution in [3.8, 4) is 11.4 Å². The topological polar surface area (TPSA) is 72.7 Å². The van der Waals surface area contributed by atoms with Crippen LogP contribution in [0.1, 0.15) is 5.56 Å². The molecule has 31 heavy (non-hydrogen) atoms. The van der Waals surface area contributed by atoms with E-state index in [1.54, 1.807) is 36.7 Å². The van der Waals surface area contributed by atoms with Crippen molar-refractivity contribution >= 4 is 35.0 Å². The summed E-state index contributed by atoms with van der Waals surface area (Å²) in [6.07, 6.45) is 4.30. The number of aryl methyl sites for hydroxylation is 1. The van der Waals surface area contributed by atoms with Gasteiger partial charge >= 0.3 is 0 Å². The zero-order chi connectivity index (χ0) is 21.5. The third-order valence-electron chi connectivity index (χ3n) is 4.58. The molecule has 156 valence electrons. The van der Waals surface area contributed by atoms with Crippen LogP contribution >= 0.6 is 23.4 Å². The number of thioether (sulfide) groups is 1. The molecule has 0 aliphatic carbocycles. The molecule has 1 N–H and O–H groups in total. The third-order valence-corrected chi connectivity index (χ3v) is 5.80. The first-order valence-corrected chi connectivity index (χ1v) is 11.1. The molecule has 0 fully saturated rings. The number of aromatic nitrogens is 4. The van der Waals surface area contributed by atoms with Crippen molar-refractivity contribution in [3.63, 3.8) is 0 Å². The van der Waals surface area contributed by atoms with Gasteiger partial charge < -0.3 is 9.88 Å². The van der Waals surface area contributed by atoms with Gasteiger partial charge in [0, 0.05) is 35.2 Å². The number of anilines is 1. The number of rotatable bonds is 8. The van der Waals surface area contributed by atoms with Gasteiger partial charge in [-0.15, -0.1) is 10.2 Å².